The van der Waals surface area contributed by atoms with Crippen molar-refractivity contribution in [2.24, 2.45) is 0 Å². The Hall–Kier alpha value is -3.13. The van der Waals surface area contributed by atoms with Crippen LogP contribution in [0.15, 0.2) is 55.0 Å². The molecular formula is C22H20F3N5. The zero-order valence-corrected chi connectivity index (χ0v) is 16.4. The first-order valence-corrected chi connectivity index (χ1v) is 9.77. The fraction of sp³-hybridized carbons (Fsp3) is 0.273. The highest BCUT2D eigenvalue weighted by Crippen LogP contribution is 2.36. The molecule has 1 fully saturated rings. The second-order valence-electron chi connectivity index (χ2n) is 7.65. The monoisotopic (exact) mass is 411 g/mol. The predicted octanol–water partition coefficient (Wildman–Crippen LogP) is 4.34. The van der Waals surface area contributed by atoms with E-state index in [2.05, 4.69) is 33.0 Å². The van der Waals surface area contributed by atoms with Crippen molar-refractivity contribution in [3.8, 4) is 5.69 Å². The number of piperazine rings is 1. The number of nitrogens with zero attached hydrogens (tertiary/aromatic N) is 5. The van der Waals surface area contributed by atoms with Crippen molar-refractivity contribution < 1.29 is 13.2 Å². The molecule has 154 valence electrons. The SMILES string of the molecule is CN1CCN(c2cc3cnn(-c4cccc(C(F)(F)F)c4)c3c3ccncc23)CC1. The van der Waals surface area contributed by atoms with Gasteiger partial charge in [-0.3, -0.25) is 4.98 Å². The van der Waals surface area contributed by atoms with Crippen LogP contribution in [0.3, 0.4) is 0 Å². The van der Waals surface area contributed by atoms with Gasteiger partial charge in [0.25, 0.3) is 0 Å². The Labute approximate surface area is 171 Å². The number of pyridine rings is 1. The van der Waals surface area contributed by atoms with Crippen LogP contribution in [0, 0.1) is 0 Å². The van der Waals surface area contributed by atoms with Crippen LogP contribution in [0.25, 0.3) is 27.4 Å². The average molecular weight is 411 g/mol. The van der Waals surface area contributed by atoms with Crippen LogP contribution in [0.1, 0.15) is 5.56 Å². The summed E-state index contributed by atoms with van der Waals surface area (Å²) >= 11 is 0. The van der Waals surface area contributed by atoms with Gasteiger partial charge < -0.3 is 9.80 Å². The summed E-state index contributed by atoms with van der Waals surface area (Å²) in [6, 6.07) is 9.23. The van der Waals surface area contributed by atoms with E-state index in [0.717, 1.165) is 65.7 Å². The molecule has 0 atom stereocenters. The average Bonchev–Trinajstić information content (AvgIpc) is 3.18. The van der Waals surface area contributed by atoms with Gasteiger partial charge in [-0.2, -0.15) is 18.3 Å². The summed E-state index contributed by atoms with van der Waals surface area (Å²) < 4.78 is 41.2. The number of halogens is 3. The Bertz CT molecular complexity index is 1220. The number of alkyl halides is 3. The zero-order chi connectivity index (χ0) is 20.9. The van der Waals surface area contributed by atoms with Crippen molar-refractivity contribution >= 4 is 27.4 Å². The van der Waals surface area contributed by atoms with Crippen LogP contribution >= 0.6 is 0 Å². The number of anilines is 1. The minimum atomic E-state index is -4.40. The van der Waals surface area contributed by atoms with Crippen molar-refractivity contribution in [2.75, 3.05) is 38.1 Å². The molecule has 4 aromatic rings. The summed E-state index contributed by atoms with van der Waals surface area (Å²) in [7, 11) is 2.11. The molecule has 3 heterocycles. The van der Waals surface area contributed by atoms with Crippen LogP contribution in [0.5, 0.6) is 0 Å². The van der Waals surface area contributed by atoms with E-state index >= 15 is 0 Å². The summed E-state index contributed by atoms with van der Waals surface area (Å²) in [5.74, 6) is 0. The second-order valence-corrected chi connectivity index (χ2v) is 7.65. The lowest BCUT2D eigenvalue weighted by Gasteiger charge is -2.34. The maximum absolute atomic E-state index is 13.2. The van der Waals surface area contributed by atoms with Crippen LogP contribution in [-0.2, 0) is 6.18 Å². The van der Waals surface area contributed by atoms with Gasteiger partial charge >= 0.3 is 6.18 Å². The van der Waals surface area contributed by atoms with E-state index in [4.69, 9.17) is 0 Å². The number of rotatable bonds is 2. The molecule has 0 unspecified atom stereocenters. The van der Waals surface area contributed by atoms with Crippen LogP contribution < -0.4 is 4.90 Å². The highest BCUT2D eigenvalue weighted by Gasteiger charge is 2.30. The summed E-state index contributed by atoms with van der Waals surface area (Å²) in [6.07, 6.45) is 0.847. The maximum Gasteiger partial charge on any atom is 0.416 e. The fourth-order valence-corrected chi connectivity index (χ4v) is 4.09. The molecule has 0 aliphatic carbocycles. The topological polar surface area (TPSA) is 37.2 Å². The first-order chi connectivity index (χ1) is 14.4. The van der Waals surface area contributed by atoms with Gasteiger partial charge in [0.05, 0.1) is 23.0 Å². The molecule has 0 amide bonds. The first-order valence-electron chi connectivity index (χ1n) is 9.77. The molecule has 5 nitrogen and oxygen atoms in total. The number of hydrogen-bond donors (Lipinski definition) is 0. The van der Waals surface area contributed by atoms with Crippen molar-refractivity contribution in [3.63, 3.8) is 0 Å². The maximum atomic E-state index is 13.2. The minimum absolute atomic E-state index is 0.380. The van der Waals surface area contributed by atoms with E-state index in [9.17, 15) is 13.2 Å². The van der Waals surface area contributed by atoms with Crippen LogP contribution in [-0.4, -0.2) is 52.9 Å². The Balaban J connectivity index is 1.70. The smallest absolute Gasteiger partial charge is 0.368 e. The molecule has 0 N–H and O–H groups in total. The molecular weight excluding hydrogens is 391 g/mol. The third kappa shape index (κ3) is 3.17. The lowest BCUT2D eigenvalue weighted by molar-refractivity contribution is -0.137. The Morgan fingerprint density at radius 3 is 2.50 bits per heavy atom. The molecule has 1 saturated heterocycles. The Morgan fingerprint density at radius 1 is 0.933 bits per heavy atom. The van der Waals surface area contributed by atoms with Crippen molar-refractivity contribution in [3.05, 3.63) is 60.6 Å². The molecule has 1 aliphatic rings. The third-order valence-electron chi connectivity index (χ3n) is 5.70. The summed E-state index contributed by atoms with van der Waals surface area (Å²) in [5, 5.41) is 7.23. The van der Waals surface area contributed by atoms with Gasteiger partial charge in [-0.25, -0.2) is 4.68 Å². The van der Waals surface area contributed by atoms with Gasteiger partial charge in [0, 0.05) is 60.4 Å². The molecule has 0 saturated carbocycles. The molecule has 30 heavy (non-hydrogen) atoms. The molecule has 5 rings (SSSR count). The van der Waals surface area contributed by atoms with Crippen molar-refractivity contribution in [2.45, 2.75) is 6.18 Å². The van der Waals surface area contributed by atoms with E-state index in [1.165, 1.54) is 6.07 Å². The van der Waals surface area contributed by atoms with E-state index in [-0.39, 0.29) is 0 Å². The lowest BCUT2D eigenvalue weighted by Crippen LogP contribution is -2.44. The number of hydrogen-bond acceptors (Lipinski definition) is 4. The molecule has 2 aromatic heterocycles. The molecule has 0 bridgehead atoms. The quantitative estimate of drug-likeness (QED) is 0.492. The number of benzene rings is 2. The van der Waals surface area contributed by atoms with Gasteiger partial charge in [0.1, 0.15) is 0 Å². The predicted molar refractivity (Wildman–Crippen MR) is 111 cm³/mol. The number of aromatic nitrogens is 3. The molecule has 0 spiro atoms. The Morgan fingerprint density at radius 2 is 1.73 bits per heavy atom. The van der Waals surface area contributed by atoms with Crippen molar-refractivity contribution in [1.29, 1.82) is 0 Å². The fourth-order valence-electron chi connectivity index (χ4n) is 4.09. The standard InChI is InChI=1S/C22H20F3N5/c1-28-7-9-29(10-8-28)20-11-15-13-27-30(21(15)18-5-6-26-14-19(18)20)17-4-2-3-16(12-17)22(23,24)25/h2-6,11-14H,7-10H2,1H3. The van der Waals surface area contributed by atoms with Gasteiger partial charge in [-0.05, 0) is 37.4 Å². The largest absolute Gasteiger partial charge is 0.416 e. The lowest BCUT2D eigenvalue weighted by atomic mass is 10.1. The summed E-state index contributed by atoms with van der Waals surface area (Å²) in [6.45, 7) is 3.77. The second kappa shape index (κ2) is 6.98. The number of likely N-dealkylation sites (N-methyl/N-ethyl adjacent to an activating group) is 1. The summed E-state index contributed by atoms with van der Waals surface area (Å²) in [5.41, 5.74) is 1.56. The van der Waals surface area contributed by atoms with E-state index < -0.39 is 11.7 Å². The summed E-state index contributed by atoms with van der Waals surface area (Å²) in [4.78, 5) is 8.94. The van der Waals surface area contributed by atoms with Gasteiger partial charge in [-0.1, -0.05) is 6.07 Å². The van der Waals surface area contributed by atoms with E-state index in [0.29, 0.717) is 5.69 Å². The number of fused-ring (bicyclic) bond motifs is 3. The van der Waals surface area contributed by atoms with Crippen molar-refractivity contribution in [1.82, 2.24) is 19.7 Å². The third-order valence-corrected chi connectivity index (χ3v) is 5.70. The van der Waals surface area contributed by atoms with E-state index in [1.807, 2.05) is 12.3 Å². The Kier molecular flexibility index (Phi) is 4.39. The highest BCUT2D eigenvalue weighted by molar-refractivity contribution is 6.11. The van der Waals surface area contributed by atoms with Gasteiger partial charge in [0.15, 0.2) is 0 Å². The first kappa shape index (κ1) is 18.9. The van der Waals surface area contributed by atoms with Crippen LogP contribution in [0.4, 0.5) is 18.9 Å². The van der Waals surface area contributed by atoms with Crippen LogP contribution in [0.2, 0.25) is 0 Å². The normalized spacial score (nSPS) is 15.9. The van der Waals surface area contributed by atoms with E-state index in [1.54, 1.807) is 23.1 Å². The minimum Gasteiger partial charge on any atom is -0.368 e. The van der Waals surface area contributed by atoms with Gasteiger partial charge in [-0.15, -0.1) is 0 Å². The molecule has 2 aromatic carbocycles. The molecule has 8 heteroatoms. The highest BCUT2D eigenvalue weighted by atomic mass is 19.4. The molecule has 0 radical (unpaired) electrons. The molecule has 1 aliphatic heterocycles. The van der Waals surface area contributed by atoms with Gasteiger partial charge in [0.2, 0.25) is 0 Å². The zero-order valence-electron chi connectivity index (χ0n) is 16.4.